The predicted molar refractivity (Wildman–Crippen MR) is 102 cm³/mol. The number of carbonyl (C=O) groups is 1. The summed E-state index contributed by atoms with van der Waals surface area (Å²) in [5, 5.41) is 0. The lowest BCUT2D eigenvalue weighted by molar-refractivity contribution is -0.151. The molecule has 140 valence electrons. The molecule has 0 N–H and O–H groups in total. The van der Waals surface area contributed by atoms with Crippen molar-refractivity contribution in [2.75, 3.05) is 6.61 Å². The van der Waals surface area contributed by atoms with Crippen LogP contribution in [0.3, 0.4) is 0 Å². The molecule has 1 aliphatic rings. The van der Waals surface area contributed by atoms with Crippen molar-refractivity contribution in [1.29, 1.82) is 0 Å². The van der Waals surface area contributed by atoms with E-state index in [1.54, 1.807) is 0 Å². The number of unbranched alkanes of at least 4 members (excludes halogenated alkanes) is 3. The molecule has 0 saturated heterocycles. The zero-order valence-electron chi connectivity index (χ0n) is 16.0. The van der Waals surface area contributed by atoms with Gasteiger partial charge in [-0.25, -0.2) is 0 Å². The van der Waals surface area contributed by atoms with Gasteiger partial charge in [0.15, 0.2) is 0 Å². The van der Waals surface area contributed by atoms with Crippen molar-refractivity contribution in [3.05, 3.63) is 29.8 Å². The van der Waals surface area contributed by atoms with Crippen molar-refractivity contribution < 1.29 is 14.3 Å². The van der Waals surface area contributed by atoms with E-state index < -0.39 is 0 Å². The highest BCUT2D eigenvalue weighted by Crippen LogP contribution is 2.36. The third-order valence-electron chi connectivity index (χ3n) is 5.02. The minimum atomic E-state index is -0.0271. The number of hydrogen-bond donors (Lipinski definition) is 0. The summed E-state index contributed by atoms with van der Waals surface area (Å²) in [5.41, 5.74) is 1.25. The standard InChI is InChI=1S/C22H34O3/c1-3-5-7-15-22(23)25-21-14-9-8-13-20(21)18-11-10-12-19(17-18)24-16-6-4-2/h10-12,17,20-21H,3-9,13-16H2,1-2H3/t20-,21+/m0/s1. The fraction of sp³-hybridized carbons (Fsp3) is 0.682. The minimum absolute atomic E-state index is 0.0220. The molecule has 0 aliphatic heterocycles. The molecule has 1 saturated carbocycles. The molecule has 3 heteroatoms. The van der Waals surface area contributed by atoms with Crippen LogP contribution in [0.2, 0.25) is 0 Å². The average molecular weight is 347 g/mol. The largest absolute Gasteiger partial charge is 0.494 e. The molecule has 1 aliphatic carbocycles. The maximum atomic E-state index is 12.2. The molecule has 2 rings (SSSR count). The first-order valence-electron chi connectivity index (χ1n) is 10.2. The predicted octanol–water partition coefficient (Wildman–Crippen LogP) is 6.02. The highest BCUT2D eigenvalue weighted by atomic mass is 16.5. The highest BCUT2D eigenvalue weighted by molar-refractivity contribution is 5.69. The summed E-state index contributed by atoms with van der Waals surface area (Å²) in [6.45, 7) is 5.08. The van der Waals surface area contributed by atoms with E-state index in [9.17, 15) is 4.79 Å². The van der Waals surface area contributed by atoms with Crippen LogP contribution in [0.25, 0.3) is 0 Å². The van der Waals surface area contributed by atoms with Gasteiger partial charge < -0.3 is 9.47 Å². The maximum absolute atomic E-state index is 12.2. The van der Waals surface area contributed by atoms with E-state index in [1.807, 2.05) is 6.07 Å². The third-order valence-corrected chi connectivity index (χ3v) is 5.02. The number of carbonyl (C=O) groups excluding carboxylic acids is 1. The Morgan fingerprint density at radius 1 is 1.08 bits per heavy atom. The van der Waals surface area contributed by atoms with E-state index in [0.29, 0.717) is 12.3 Å². The highest BCUT2D eigenvalue weighted by Gasteiger charge is 2.29. The SMILES string of the molecule is CCCCCC(=O)O[C@@H]1CCCC[C@H]1c1cccc(OCCCC)c1. The van der Waals surface area contributed by atoms with Gasteiger partial charge in [-0.15, -0.1) is 0 Å². The van der Waals surface area contributed by atoms with E-state index in [4.69, 9.17) is 9.47 Å². The Hall–Kier alpha value is -1.51. The van der Waals surface area contributed by atoms with Crippen molar-refractivity contribution in [3.8, 4) is 5.75 Å². The molecule has 0 aromatic heterocycles. The molecule has 0 unspecified atom stereocenters. The van der Waals surface area contributed by atoms with Crippen LogP contribution in [-0.4, -0.2) is 18.7 Å². The van der Waals surface area contributed by atoms with Gasteiger partial charge >= 0.3 is 5.97 Å². The maximum Gasteiger partial charge on any atom is 0.306 e. The van der Waals surface area contributed by atoms with Crippen LogP contribution < -0.4 is 4.74 Å². The second kappa shape index (κ2) is 11.2. The zero-order valence-corrected chi connectivity index (χ0v) is 16.0. The topological polar surface area (TPSA) is 35.5 Å². The van der Waals surface area contributed by atoms with Gasteiger partial charge in [-0.2, -0.15) is 0 Å². The fourth-order valence-electron chi connectivity index (χ4n) is 3.54. The number of rotatable bonds is 10. The van der Waals surface area contributed by atoms with Crippen molar-refractivity contribution in [2.24, 2.45) is 0 Å². The van der Waals surface area contributed by atoms with E-state index in [0.717, 1.165) is 63.7 Å². The molecule has 1 aromatic rings. The first-order valence-corrected chi connectivity index (χ1v) is 10.2. The molecular formula is C22H34O3. The van der Waals surface area contributed by atoms with Crippen LogP contribution in [0.5, 0.6) is 5.75 Å². The van der Waals surface area contributed by atoms with Gasteiger partial charge in [-0.3, -0.25) is 4.79 Å². The van der Waals surface area contributed by atoms with Gasteiger partial charge in [0.2, 0.25) is 0 Å². The van der Waals surface area contributed by atoms with E-state index in [1.165, 1.54) is 12.0 Å². The molecule has 2 atom stereocenters. The molecule has 3 nitrogen and oxygen atoms in total. The summed E-state index contributed by atoms with van der Waals surface area (Å²) < 4.78 is 11.7. The average Bonchev–Trinajstić information content (AvgIpc) is 2.63. The van der Waals surface area contributed by atoms with Crippen molar-refractivity contribution in [3.63, 3.8) is 0 Å². The lowest BCUT2D eigenvalue weighted by Crippen LogP contribution is -2.28. The lowest BCUT2D eigenvalue weighted by atomic mass is 9.81. The molecule has 1 fully saturated rings. The number of esters is 1. The van der Waals surface area contributed by atoms with Crippen LogP contribution in [0.1, 0.15) is 89.5 Å². The van der Waals surface area contributed by atoms with Gasteiger partial charge in [0, 0.05) is 12.3 Å². The van der Waals surface area contributed by atoms with Crippen LogP contribution in [0, 0.1) is 0 Å². The molecule has 0 bridgehead atoms. The van der Waals surface area contributed by atoms with Crippen LogP contribution >= 0.6 is 0 Å². The summed E-state index contributed by atoms with van der Waals surface area (Å²) in [6.07, 6.45) is 10.4. The van der Waals surface area contributed by atoms with Crippen molar-refractivity contribution in [1.82, 2.24) is 0 Å². The monoisotopic (exact) mass is 346 g/mol. The first-order chi connectivity index (χ1) is 12.2. The Bertz CT molecular complexity index is 512. The van der Waals surface area contributed by atoms with Crippen LogP contribution in [0.4, 0.5) is 0 Å². The van der Waals surface area contributed by atoms with E-state index >= 15 is 0 Å². The molecule has 0 amide bonds. The number of hydrogen-bond acceptors (Lipinski definition) is 3. The van der Waals surface area contributed by atoms with Gasteiger partial charge in [0.25, 0.3) is 0 Å². The molecule has 0 radical (unpaired) electrons. The van der Waals surface area contributed by atoms with E-state index in [2.05, 4.69) is 32.0 Å². The Morgan fingerprint density at radius 3 is 2.68 bits per heavy atom. The first kappa shape index (κ1) is 19.8. The summed E-state index contributed by atoms with van der Waals surface area (Å²) in [5.74, 6) is 1.21. The molecule has 25 heavy (non-hydrogen) atoms. The molecule has 0 spiro atoms. The number of ether oxygens (including phenoxy) is 2. The van der Waals surface area contributed by atoms with Gasteiger partial charge in [0.1, 0.15) is 11.9 Å². The van der Waals surface area contributed by atoms with E-state index in [-0.39, 0.29) is 12.1 Å². The van der Waals surface area contributed by atoms with Crippen molar-refractivity contribution in [2.45, 2.75) is 90.1 Å². The number of benzene rings is 1. The quantitative estimate of drug-likeness (QED) is 0.384. The van der Waals surface area contributed by atoms with Gasteiger partial charge in [-0.05, 0) is 49.8 Å². The summed E-state index contributed by atoms with van der Waals surface area (Å²) >= 11 is 0. The van der Waals surface area contributed by atoms with Crippen LogP contribution in [-0.2, 0) is 9.53 Å². The fourth-order valence-corrected chi connectivity index (χ4v) is 3.54. The Labute approximate surface area is 153 Å². The summed E-state index contributed by atoms with van der Waals surface area (Å²) in [6, 6.07) is 8.38. The smallest absolute Gasteiger partial charge is 0.306 e. The lowest BCUT2D eigenvalue weighted by Gasteiger charge is -2.31. The second-order valence-corrected chi connectivity index (χ2v) is 7.15. The molecule has 0 heterocycles. The summed E-state index contributed by atoms with van der Waals surface area (Å²) in [7, 11) is 0. The van der Waals surface area contributed by atoms with Gasteiger partial charge in [-0.1, -0.05) is 51.7 Å². The normalized spacial score (nSPS) is 20.2. The Balaban J connectivity index is 1.97. The molecular weight excluding hydrogens is 312 g/mol. The zero-order chi connectivity index (χ0) is 17.9. The summed E-state index contributed by atoms with van der Waals surface area (Å²) in [4.78, 5) is 12.2. The Morgan fingerprint density at radius 2 is 1.88 bits per heavy atom. The van der Waals surface area contributed by atoms with Crippen molar-refractivity contribution >= 4 is 5.97 Å². The molecule has 1 aromatic carbocycles. The second-order valence-electron chi connectivity index (χ2n) is 7.15. The van der Waals surface area contributed by atoms with Gasteiger partial charge in [0.05, 0.1) is 6.61 Å². The minimum Gasteiger partial charge on any atom is -0.494 e. The third kappa shape index (κ3) is 6.72. The Kier molecular flexibility index (Phi) is 8.85. The van der Waals surface area contributed by atoms with Crippen LogP contribution in [0.15, 0.2) is 24.3 Å².